The van der Waals surface area contributed by atoms with Crippen molar-refractivity contribution in [2.75, 3.05) is 6.54 Å². The third-order valence-corrected chi connectivity index (χ3v) is 4.13. The highest BCUT2D eigenvalue weighted by Gasteiger charge is 2.11. The van der Waals surface area contributed by atoms with Crippen LogP contribution in [0.25, 0.3) is 10.6 Å². The first-order chi connectivity index (χ1) is 8.74. The van der Waals surface area contributed by atoms with E-state index in [1.165, 1.54) is 15.3 Å². The van der Waals surface area contributed by atoms with Gasteiger partial charge in [-0.25, -0.2) is 0 Å². The zero-order chi connectivity index (χ0) is 13.0. The van der Waals surface area contributed by atoms with Gasteiger partial charge >= 0.3 is 0 Å². The van der Waals surface area contributed by atoms with E-state index < -0.39 is 0 Å². The summed E-state index contributed by atoms with van der Waals surface area (Å²) in [6.45, 7) is 6.33. The minimum absolute atomic E-state index is 0.899. The lowest BCUT2D eigenvalue weighted by molar-refractivity contribution is 0.675. The van der Waals surface area contributed by atoms with E-state index in [9.17, 15) is 0 Å². The SMILES string of the molecule is CCCNCc1cn(C)nc1-c1ccc(CC)s1. The number of hydrogen-bond donors (Lipinski definition) is 1. The Balaban J connectivity index is 2.20. The fourth-order valence-corrected chi connectivity index (χ4v) is 2.94. The molecule has 0 aliphatic heterocycles. The summed E-state index contributed by atoms with van der Waals surface area (Å²) in [4.78, 5) is 2.70. The van der Waals surface area contributed by atoms with Crippen LogP contribution in [0.3, 0.4) is 0 Å². The molecule has 2 aromatic rings. The van der Waals surface area contributed by atoms with Crippen LogP contribution in [-0.4, -0.2) is 16.3 Å². The number of hydrogen-bond acceptors (Lipinski definition) is 3. The van der Waals surface area contributed by atoms with E-state index in [0.29, 0.717) is 0 Å². The molecular weight excluding hydrogens is 242 g/mol. The molecule has 2 aromatic heterocycles. The van der Waals surface area contributed by atoms with Gasteiger partial charge in [-0.2, -0.15) is 5.10 Å². The first-order valence-corrected chi connectivity index (χ1v) is 7.38. The van der Waals surface area contributed by atoms with Gasteiger partial charge in [0.15, 0.2) is 0 Å². The number of thiophene rings is 1. The zero-order valence-corrected chi connectivity index (χ0v) is 12.2. The summed E-state index contributed by atoms with van der Waals surface area (Å²) < 4.78 is 1.91. The van der Waals surface area contributed by atoms with E-state index in [-0.39, 0.29) is 0 Å². The van der Waals surface area contributed by atoms with Crippen molar-refractivity contribution in [2.24, 2.45) is 7.05 Å². The minimum atomic E-state index is 0.899. The van der Waals surface area contributed by atoms with Crippen molar-refractivity contribution in [1.82, 2.24) is 15.1 Å². The summed E-state index contributed by atoms with van der Waals surface area (Å²) in [6, 6.07) is 4.40. The highest BCUT2D eigenvalue weighted by atomic mass is 32.1. The predicted molar refractivity (Wildman–Crippen MR) is 77.9 cm³/mol. The molecule has 0 fully saturated rings. The molecule has 0 saturated heterocycles. The molecule has 2 heterocycles. The molecule has 0 amide bonds. The summed E-state index contributed by atoms with van der Waals surface area (Å²) in [5, 5.41) is 8.04. The van der Waals surface area contributed by atoms with Gasteiger partial charge in [-0.3, -0.25) is 4.68 Å². The monoisotopic (exact) mass is 263 g/mol. The Kier molecular flexibility index (Phi) is 4.55. The van der Waals surface area contributed by atoms with E-state index >= 15 is 0 Å². The van der Waals surface area contributed by atoms with Gasteiger partial charge in [0.25, 0.3) is 0 Å². The summed E-state index contributed by atoms with van der Waals surface area (Å²) in [7, 11) is 1.99. The van der Waals surface area contributed by atoms with Crippen LogP contribution in [0, 0.1) is 0 Å². The van der Waals surface area contributed by atoms with Gasteiger partial charge < -0.3 is 5.32 Å². The highest BCUT2D eigenvalue weighted by molar-refractivity contribution is 7.15. The number of rotatable bonds is 6. The molecule has 18 heavy (non-hydrogen) atoms. The van der Waals surface area contributed by atoms with Crippen molar-refractivity contribution >= 4 is 11.3 Å². The molecule has 0 spiro atoms. The Morgan fingerprint density at radius 1 is 1.33 bits per heavy atom. The molecule has 98 valence electrons. The molecule has 1 N–H and O–H groups in total. The van der Waals surface area contributed by atoms with Crippen LogP contribution < -0.4 is 5.32 Å². The molecule has 0 atom stereocenters. The van der Waals surface area contributed by atoms with E-state index in [0.717, 1.165) is 31.6 Å². The summed E-state index contributed by atoms with van der Waals surface area (Å²) in [6.07, 6.45) is 4.37. The maximum absolute atomic E-state index is 4.59. The van der Waals surface area contributed by atoms with Crippen LogP contribution in [0.2, 0.25) is 0 Å². The smallest absolute Gasteiger partial charge is 0.107 e. The first kappa shape index (κ1) is 13.3. The number of aromatic nitrogens is 2. The van der Waals surface area contributed by atoms with Crippen LogP contribution in [-0.2, 0) is 20.0 Å². The fraction of sp³-hybridized carbons (Fsp3) is 0.500. The van der Waals surface area contributed by atoms with Crippen LogP contribution in [0.1, 0.15) is 30.7 Å². The Morgan fingerprint density at radius 3 is 2.83 bits per heavy atom. The molecule has 0 unspecified atom stereocenters. The zero-order valence-electron chi connectivity index (χ0n) is 11.4. The summed E-state index contributed by atoms with van der Waals surface area (Å²) in [5.41, 5.74) is 2.42. The van der Waals surface area contributed by atoms with E-state index in [4.69, 9.17) is 0 Å². The average Bonchev–Trinajstić information content (AvgIpc) is 2.96. The van der Waals surface area contributed by atoms with Crippen molar-refractivity contribution in [3.8, 4) is 10.6 Å². The van der Waals surface area contributed by atoms with Gasteiger partial charge in [-0.15, -0.1) is 11.3 Å². The standard InChI is InChI=1S/C14H21N3S/c1-4-8-15-9-11-10-17(3)16-14(11)13-7-6-12(5-2)18-13/h6-7,10,15H,4-5,8-9H2,1-3H3. The van der Waals surface area contributed by atoms with Crippen LogP contribution in [0.15, 0.2) is 18.3 Å². The second kappa shape index (κ2) is 6.16. The molecule has 0 bridgehead atoms. The second-order valence-electron chi connectivity index (χ2n) is 4.47. The number of nitrogens with zero attached hydrogens (tertiary/aromatic N) is 2. The molecule has 0 radical (unpaired) electrons. The van der Waals surface area contributed by atoms with E-state index in [2.05, 4.69) is 42.6 Å². The second-order valence-corrected chi connectivity index (χ2v) is 5.64. The van der Waals surface area contributed by atoms with Crippen molar-refractivity contribution < 1.29 is 0 Å². The third-order valence-electron chi connectivity index (χ3n) is 2.89. The van der Waals surface area contributed by atoms with Gasteiger partial charge in [-0.1, -0.05) is 13.8 Å². The van der Waals surface area contributed by atoms with Crippen LogP contribution in [0.4, 0.5) is 0 Å². The lowest BCUT2D eigenvalue weighted by Crippen LogP contribution is -2.13. The van der Waals surface area contributed by atoms with Crippen LogP contribution >= 0.6 is 11.3 Å². The van der Waals surface area contributed by atoms with Crippen LogP contribution in [0.5, 0.6) is 0 Å². The largest absolute Gasteiger partial charge is 0.313 e. The molecule has 0 saturated carbocycles. The first-order valence-electron chi connectivity index (χ1n) is 6.57. The topological polar surface area (TPSA) is 29.9 Å². The number of aryl methyl sites for hydroxylation is 2. The molecule has 4 heteroatoms. The Morgan fingerprint density at radius 2 is 2.17 bits per heavy atom. The summed E-state index contributed by atoms with van der Waals surface area (Å²) in [5.74, 6) is 0. The fourth-order valence-electron chi connectivity index (χ4n) is 1.97. The molecule has 2 rings (SSSR count). The Labute approximate surface area is 113 Å². The highest BCUT2D eigenvalue weighted by Crippen LogP contribution is 2.29. The lowest BCUT2D eigenvalue weighted by atomic mass is 10.2. The van der Waals surface area contributed by atoms with Crippen molar-refractivity contribution in [3.63, 3.8) is 0 Å². The molecule has 0 aromatic carbocycles. The van der Waals surface area contributed by atoms with Gasteiger partial charge in [0.05, 0.1) is 4.88 Å². The predicted octanol–water partition coefficient (Wildman–Crippen LogP) is 3.21. The van der Waals surface area contributed by atoms with Crippen molar-refractivity contribution in [2.45, 2.75) is 33.2 Å². The maximum Gasteiger partial charge on any atom is 0.107 e. The quantitative estimate of drug-likeness (QED) is 0.811. The Hall–Kier alpha value is -1.13. The lowest BCUT2D eigenvalue weighted by Gasteiger charge is -2.02. The van der Waals surface area contributed by atoms with Gasteiger partial charge in [0, 0.05) is 30.2 Å². The van der Waals surface area contributed by atoms with E-state index in [1.54, 1.807) is 0 Å². The van der Waals surface area contributed by atoms with Gasteiger partial charge in [0.1, 0.15) is 5.69 Å². The van der Waals surface area contributed by atoms with E-state index in [1.807, 2.05) is 23.1 Å². The Bertz CT molecular complexity index is 499. The average molecular weight is 263 g/mol. The maximum atomic E-state index is 4.59. The van der Waals surface area contributed by atoms with Gasteiger partial charge in [0.2, 0.25) is 0 Å². The van der Waals surface area contributed by atoms with Gasteiger partial charge in [-0.05, 0) is 31.5 Å². The molecule has 0 aliphatic rings. The summed E-state index contributed by atoms with van der Waals surface area (Å²) >= 11 is 1.85. The van der Waals surface area contributed by atoms with Crippen molar-refractivity contribution in [1.29, 1.82) is 0 Å². The molecular formula is C14H21N3S. The molecule has 0 aliphatic carbocycles. The third kappa shape index (κ3) is 3.00. The van der Waals surface area contributed by atoms with Crippen molar-refractivity contribution in [3.05, 3.63) is 28.8 Å². The normalized spacial score (nSPS) is 11.1. The number of nitrogens with one attached hydrogen (secondary N) is 1. The molecule has 3 nitrogen and oxygen atoms in total. The minimum Gasteiger partial charge on any atom is -0.313 e.